The number of aryl methyl sites for hydroxylation is 2. The molecule has 0 N–H and O–H groups in total. The smallest absolute Gasteiger partial charge is 0.172 e. The molecule has 1 aliphatic heterocycles. The summed E-state index contributed by atoms with van der Waals surface area (Å²) in [6.45, 7) is 3.81. The minimum Gasteiger partial charge on any atom is -0.331 e. The molecule has 1 aliphatic rings. The van der Waals surface area contributed by atoms with Crippen molar-refractivity contribution in [2.24, 2.45) is 0 Å². The highest BCUT2D eigenvalue weighted by atomic mass is 16.1. The number of rotatable bonds is 4. The van der Waals surface area contributed by atoms with E-state index in [1.54, 1.807) is 0 Å². The molecule has 0 saturated heterocycles. The predicted octanol–water partition coefficient (Wildman–Crippen LogP) is 1.81. The molecule has 1 aromatic rings. The largest absolute Gasteiger partial charge is 0.331 e. The summed E-state index contributed by atoms with van der Waals surface area (Å²) in [5.41, 5.74) is 2.99. The number of carbonyl (C=O) groups is 1. The monoisotopic (exact) mass is 250 g/mol. The van der Waals surface area contributed by atoms with Gasteiger partial charge in [0.05, 0.1) is 45.4 Å². The Morgan fingerprint density at radius 2 is 2.06 bits per heavy atom. The van der Waals surface area contributed by atoms with Gasteiger partial charge in [-0.3, -0.25) is 9.48 Å². The van der Waals surface area contributed by atoms with Crippen LogP contribution in [0.25, 0.3) is 0 Å². The number of hydrogen-bond acceptors (Lipinski definition) is 2. The molecular formula is C14H24N3O+. The summed E-state index contributed by atoms with van der Waals surface area (Å²) in [6, 6.07) is 0. The molecule has 100 valence electrons. The molecule has 1 aromatic heterocycles. The van der Waals surface area contributed by atoms with Crippen LogP contribution in [0, 0.1) is 6.92 Å². The predicted molar refractivity (Wildman–Crippen MR) is 71.7 cm³/mol. The summed E-state index contributed by atoms with van der Waals surface area (Å²) >= 11 is 0. The molecule has 0 unspecified atom stereocenters. The molecule has 0 aliphatic carbocycles. The molecule has 2 heterocycles. The first kappa shape index (κ1) is 13.3. The third-order valence-electron chi connectivity index (χ3n) is 3.55. The maximum Gasteiger partial charge on any atom is 0.172 e. The maximum atomic E-state index is 12.4. The Labute approximate surface area is 109 Å². The van der Waals surface area contributed by atoms with E-state index in [4.69, 9.17) is 0 Å². The summed E-state index contributed by atoms with van der Waals surface area (Å²) in [5, 5.41) is 4.51. The summed E-state index contributed by atoms with van der Waals surface area (Å²) in [4.78, 5) is 12.4. The first-order chi connectivity index (χ1) is 8.38. The zero-order chi connectivity index (χ0) is 13.3. The van der Waals surface area contributed by atoms with Gasteiger partial charge in [0.2, 0.25) is 0 Å². The van der Waals surface area contributed by atoms with Crippen molar-refractivity contribution in [1.29, 1.82) is 0 Å². The van der Waals surface area contributed by atoms with Gasteiger partial charge in [0.1, 0.15) is 0 Å². The Hall–Kier alpha value is -1.16. The molecule has 4 heteroatoms. The fourth-order valence-electron chi connectivity index (χ4n) is 2.55. The lowest BCUT2D eigenvalue weighted by molar-refractivity contribution is -0.869. The quantitative estimate of drug-likeness (QED) is 0.603. The van der Waals surface area contributed by atoms with E-state index < -0.39 is 0 Å². The molecule has 0 aromatic carbocycles. The molecule has 0 atom stereocenters. The second-order valence-electron chi connectivity index (χ2n) is 6.27. The van der Waals surface area contributed by atoms with Crippen LogP contribution >= 0.6 is 0 Å². The molecule has 0 spiro atoms. The van der Waals surface area contributed by atoms with E-state index in [9.17, 15) is 4.79 Å². The fourth-order valence-corrected chi connectivity index (χ4v) is 2.55. The molecular weight excluding hydrogens is 226 g/mol. The molecule has 18 heavy (non-hydrogen) atoms. The van der Waals surface area contributed by atoms with E-state index >= 15 is 0 Å². The number of quaternary nitrogens is 1. The lowest BCUT2D eigenvalue weighted by atomic mass is 10.0. The third kappa shape index (κ3) is 2.80. The highest BCUT2D eigenvalue weighted by Gasteiger charge is 2.24. The molecule has 0 bridgehead atoms. The topological polar surface area (TPSA) is 34.9 Å². The second kappa shape index (κ2) is 4.84. The van der Waals surface area contributed by atoms with Crippen molar-refractivity contribution in [3.63, 3.8) is 0 Å². The van der Waals surface area contributed by atoms with Crippen molar-refractivity contribution in [3.8, 4) is 0 Å². The van der Waals surface area contributed by atoms with Crippen LogP contribution < -0.4 is 0 Å². The molecule has 4 nitrogen and oxygen atoms in total. The van der Waals surface area contributed by atoms with Crippen molar-refractivity contribution in [2.75, 3.05) is 27.7 Å². The number of carbonyl (C=O) groups excluding carboxylic acids is 1. The lowest BCUT2D eigenvalue weighted by Gasteiger charge is -2.23. The van der Waals surface area contributed by atoms with E-state index in [2.05, 4.69) is 26.2 Å². The summed E-state index contributed by atoms with van der Waals surface area (Å²) in [5.74, 6) is 0.267. The average molecular weight is 250 g/mol. The van der Waals surface area contributed by atoms with Crippen molar-refractivity contribution in [1.82, 2.24) is 9.78 Å². The van der Waals surface area contributed by atoms with Crippen molar-refractivity contribution < 1.29 is 9.28 Å². The van der Waals surface area contributed by atoms with E-state index in [1.807, 2.05) is 11.6 Å². The summed E-state index contributed by atoms with van der Waals surface area (Å²) in [7, 11) is 6.36. The van der Waals surface area contributed by atoms with E-state index in [0.29, 0.717) is 6.42 Å². The number of nitrogens with zero attached hydrogens (tertiary/aromatic N) is 3. The highest BCUT2D eigenvalue weighted by molar-refractivity contribution is 5.98. The van der Waals surface area contributed by atoms with Gasteiger partial charge in [-0.05, 0) is 26.2 Å². The van der Waals surface area contributed by atoms with Crippen molar-refractivity contribution in [2.45, 2.75) is 39.2 Å². The second-order valence-corrected chi connectivity index (χ2v) is 6.27. The van der Waals surface area contributed by atoms with E-state index in [0.717, 1.165) is 35.3 Å². The van der Waals surface area contributed by atoms with Crippen LogP contribution in [0.1, 0.15) is 41.0 Å². The van der Waals surface area contributed by atoms with Crippen LogP contribution in [0.3, 0.4) is 0 Å². The van der Waals surface area contributed by atoms with Gasteiger partial charge in [0.25, 0.3) is 0 Å². The number of fused-ring (bicyclic) bond motifs is 1. The van der Waals surface area contributed by atoms with Gasteiger partial charge >= 0.3 is 0 Å². The average Bonchev–Trinajstić information content (AvgIpc) is 2.61. The lowest BCUT2D eigenvalue weighted by Crippen LogP contribution is -2.36. The number of hydrogen-bond donors (Lipinski definition) is 0. The van der Waals surface area contributed by atoms with Crippen molar-refractivity contribution >= 4 is 5.78 Å². The minimum absolute atomic E-state index is 0.267. The maximum absolute atomic E-state index is 12.4. The van der Waals surface area contributed by atoms with Gasteiger partial charge < -0.3 is 4.48 Å². The molecule has 0 amide bonds. The normalized spacial score (nSPS) is 15.6. The summed E-state index contributed by atoms with van der Waals surface area (Å²) < 4.78 is 2.87. The Morgan fingerprint density at radius 1 is 1.33 bits per heavy atom. The van der Waals surface area contributed by atoms with Crippen LogP contribution in [-0.2, 0) is 13.0 Å². The van der Waals surface area contributed by atoms with Gasteiger partial charge in [0.15, 0.2) is 5.78 Å². The van der Waals surface area contributed by atoms with E-state index in [1.165, 1.54) is 18.5 Å². The summed E-state index contributed by atoms with van der Waals surface area (Å²) in [6.07, 6.45) is 3.98. The van der Waals surface area contributed by atoms with Crippen LogP contribution in [0.2, 0.25) is 0 Å². The first-order valence-electron chi connectivity index (χ1n) is 6.78. The number of ketones is 1. The first-order valence-corrected chi connectivity index (χ1v) is 6.78. The zero-order valence-corrected chi connectivity index (χ0v) is 12.0. The van der Waals surface area contributed by atoms with Gasteiger partial charge in [-0.15, -0.1) is 0 Å². The van der Waals surface area contributed by atoms with Gasteiger partial charge in [-0.1, -0.05) is 0 Å². The third-order valence-corrected chi connectivity index (χ3v) is 3.55. The highest BCUT2D eigenvalue weighted by Crippen LogP contribution is 2.22. The number of aromatic nitrogens is 2. The Bertz CT molecular complexity index is 454. The van der Waals surface area contributed by atoms with Gasteiger partial charge in [-0.25, -0.2) is 0 Å². The standard InChI is InChI=1S/C14H24N3O/c1-11-14(13(18)8-10-17(2,3)4)12-7-5-6-9-16(12)15-11/h5-10H2,1-4H3/q+1. The van der Waals surface area contributed by atoms with Crippen LogP contribution in [0.15, 0.2) is 0 Å². The van der Waals surface area contributed by atoms with Gasteiger partial charge in [-0.2, -0.15) is 5.10 Å². The SMILES string of the molecule is Cc1nn2c(c1C(=O)CC[N+](C)(C)C)CCCC2. The Kier molecular flexibility index (Phi) is 3.57. The van der Waals surface area contributed by atoms with Crippen LogP contribution in [-0.4, -0.2) is 47.7 Å². The van der Waals surface area contributed by atoms with E-state index in [-0.39, 0.29) is 5.78 Å². The molecule has 0 saturated carbocycles. The molecule has 2 rings (SSSR count). The Morgan fingerprint density at radius 3 is 2.72 bits per heavy atom. The number of Topliss-reactive ketones (excluding diaryl/α,β-unsaturated/α-hetero) is 1. The van der Waals surface area contributed by atoms with Crippen molar-refractivity contribution in [3.05, 3.63) is 17.0 Å². The van der Waals surface area contributed by atoms with Crippen LogP contribution in [0.4, 0.5) is 0 Å². The molecule has 0 radical (unpaired) electrons. The zero-order valence-electron chi connectivity index (χ0n) is 12.0. The minimum atomic E-state index is 0.267. The van der Waals surface area contributed by atoms with Gasteiger partial charge in [0, 0.05) is 12.2 Å². The van der Waals surface area contributed by atoms with Crippen LogP contribution in [0.5, 0.6) is 0 Å². The fraction of sp³-hybridized carbons (Fsp3) is 0.714. The molecule has 0 fully saturated rings. The Balaban J connectivity index is 2.17.